The number of nitrogens with one attached hydrogen (secondary N) is 1. The van der Waals surface area contributed by atoms with Gasteiger partial charge in [-0.25, -0.2) is 0 Å². The largest absolute Gasteiger partial charge is 0.382 e. The summed E-state index contributed by atoms with van der Waals surface area (Å²) in [5.74, 6) is 0. The van der Waals surface area contributed by atoms with E-state index in [1.165, 1.54) is 0 Å². The summed E-state index contributed by atoms with van der Waals surface area (Å²) < 4.78 is 20.9. The molecule has 0 saturated heterocycles. The van der Waals surface area contributed by atoms with Crippen LogP contribution in [0.5, 0.6) is 0 Å². The maximum absolute atomic E-state index is 5.43. The molecule has 5 heteroatoms. The minimum Gasteiger partial charge on any atom is -0.382 e. The van der Waals surface area contributed by atoms with Crippen molar-refractivity contribution in [3.8, 4) is 0 Å². The number of methoxy groups -OCH3 is 1. The van der Waals surface area contributed by atoms with Crippen LogP contribution in [0.4, 0.5) is 0 Å². The molecule has 0 heterocycles. The van der Waals surface area contributed by atoms with Gasteiger partial charge in [-0.3, -0.25) is 0 Å². The van der Waals surface area contributed by atoms with Gasteiger partial charge >= 0.3 is 0 Å². The molecule has 0 aromatic rings. The molecule has 104 valence electrons. The Morgan fingerprint density at radius 1 is 0.824 bits per heavy atom. The molecule has 0 amide bonds. The summed E-state index contributed by atoms with van der Waals surface area (Å²) in [5, 5.41) is 3.16. The fourth-order valence-electron chi connectivity index (χ4n) is 1.09. The Hall–Kier alpha value is -0.200. The zero-order valence-electron chi connectivity index (χ0n) is 11.4. The van der Waals surface area contributed by atoms with Crippen molar-refractivity contribution < 1.29 is 18.9 Å². The molecule has 1 N–H and O–H groups in total. The molecule has 0 aromatic carbocycles. The van der Waals surface area contributed by atoms with E-state index in [-0.39, 0.29) is 0 Å². The molecule has 0 fully saturated rings. The van der Waals surface area contributed by atoms with Crippen molar-refractivity contribution in [2.24, 2.45) is 0 Å². The minimum atomic E-state index is 0.505. The molecule has 0 radical (unpaired) electrons. The Balaban J connectivity index is 2.94. The van der Waals surface area contributed by atoms with Crippen LogP contribution in [0.3, 0.4) is 0 Å². The second-order valence-electron chi connectivity index (χ2n) is 3.81. The van der Waals surface area contributed by atoms with Crippen LogP contribution in [0.15, 0.2) is 0 Å². The van der Waals surface area contributed by atoms with E-state index in [0.717, 1.165) is 13.0 Å². The van der Waals surface area contributed by atoms with E-state index in [1.807, 2.05) is 7.05 Å². The standard InChI is InChI=1S/C12H27NO4/c1-12(13-2)4-5-15-8-9-17-11-10-16-7-6-14-3/h12-13H,4-11H2,1-3H3. The van der Waals surface area contributed by atoms with Crippen molar-refractivity contribution >= 4 is 0 Å². The van der Waals surface area contributed by atoms with Crippen molar-refractivity contribution in [1.82, 2.24) is 5.32 Å². The van der Waals surface area contributed by atoms with Gasteiger partial charge in [-0.2, -0.15) is 0 Å². The van der Waals surface area contributed by atoms with E-state index in [1.54, 1.807) is 7.11 Å². The average Bonchev–Trinajstić information content (AvgIpc) is 2.35. The van der Waals surface area contributed by atoms with Crippen LogP contribution >= 0.6 is 0 Å². The Labute approximate surface area is 105 Å². The Kier molecular flexibility index (Phi) is 13.7. The van der Waals surface area contributed by atoms with Gasteiger partial charge in [0.25, 0.3) is 0 Å². The van der Waals surface area contributed by atoms with Crippen LogP contribution in [0.25, 0.3) is 0 Å². The predicted molar refractivity (Wildman–Crippen MR) is 67.5 cm³/mol. The van der Waals surface area contributed by atoms with E-state index in [0.29, 0.717) is 45.7 Å². The molecular formula is C12H27NO4. The lowest BCUT2D eigenvalue weighted by Gasteiger charge is -2.10. The first-order valence-electron chi connectivity index (χ1n) is 6.20. The molecule has 0 aliphatic rings. The third kappa shape index (κ3) is 13.7. The second-order valence-corrected chi connectivity index (χ2v) is 3.81. The van der Waals surface area contributed by atoms with Crippen LogP contribution in [0, 0.1) is 0 Å². The first-order chi connectivity index (χ1) is 8.31. The normalized spacial score (nSPS) is 12.9. The Morgan fingerprint density at radius 2 is 1.29 bits per heavy atom. The topological polar surface area (TPSA) is 49.0 Å². The van der Waals surface area contributed by atoms with Crippen LogP contribution < -0.4 is 5.32 Å². The van der Waals surface area contributed by atoms with Crippen LogP contribution in [0.1, 0.15) is 13.3 Å². The highest BCUT2D eigenvalue weighted by Crippen LogP contribution is 1.90. The summed E-state index contributed by atoms with van der Waals surface area (Å²) in [4.78, 5) is 0. The van der Waals surface area contributed by atoms with Gasteiger partial charge in [-0.15, -0.1) is 0 Å². The van der Waals surface area contributed by atoms with Crippen molar-refractivity contribution in [2.75, 3.05) is 60.4 Å². The zero-order valence-corrected chi connectivity index (χ0v) is 11.4. The van der Waals surface area contributed by atoms with Crippen LogP contribution in [-0.2, 0) is 18.9 Å². The van der Waals surface area contributed by atoms with Gasteiger partial charge < -0.3 is 24.3 Å². The fourth-order valence-corrected chi connectivity index (χ4v) is 1.09. The van der Waals surface area contributed by atoms with Crippen molar-refractivity contribution in [3.05, 3.63) is 0 Å². The van der Waals surface area contributed by atoms with E-state index in [9.17, 15) is 0 Å². The van der Waals surface area contributed by atoms with Gasteiger partial charge in [0.2, 0.25) is 0 Å². The van der Waals surface area contributed by atoms with Gasteiger partial charge in [0.15, 0.2) is 0 Å². The third-order valence-corrected chi connectivity index (χ3v) is 2.36. The molecule has 1 unspecified atom stereocenters. The van der Waals surface area contributed by atoms with E-state index in [4.69, 9.17) is 18.9 Å². The average molecular weight is 249 g/mol. The van der Waals surface area contributed by atoms with E-state index in [2.05, 4.69) is 12.2 Å². The zero-order chi connectivity index (χ0) is 12.8. The number of hydrogen-bond acceptors (Lipinski definition) is 5. The molecule has 5 nitrogen and oxygen atoms in total. The second kappa shape index (κ2) is 13.9. The highest BCUT2D eigenvalue weighted by Gasteiger charge is 1.97. The van der Waals surface area contributed by atoms with Gasteiger partial charge in [-0.05, 0) is 20.4 Å². The Bertz CT molecular complexity index is 146. The van der Waals surface area contributed by atoms with Gasteiger partial charge in [-0.1, -0.05) is 0 Å². The maximum Gasteiger partial charge on any atom is 0.0701 e. The summed E-state index contributed by atoms with van der Waals surface area (Å²) in [6, 6.07) is 0.505. The highest BCUT2D eigenvalue weighted by atomic mass is 16.6. The monoisotopic (exact) mass is 249 g/mol. The van der Waals surface area contributed by atoms with Crippen LogP contribution in [-0.4, -0.2) is 66.4 Å². The summed E-state index contributed by atoms with van der Waals surface area (Å²) in [5.41, 5.74) is 0. The minimum absolute atomic E-state index is 0.505. The number of rotatable bonds is 13. The summed E-state index contributed by atoms with van der Waals surface area (Å²) in [7, 11) is 3.61. The fraction of sp³-hybridized carbons (Fsp3) is 1.00. The van der Waals surface area contributed by atoms with Gasteiger partial charge in [0.05, 0.1) is 39.6 Å². The van der Waals surface area contributed by atoms with Gasteiger partial charge in [0.1, 0.15) is 0 Å². The van der Waals surface area contributed by atoms with E-state index < -0.39 is 0 Å². The number of hydrogen-bond donors (Lipinski definition) is 1. The summed E-state index contributed by atoms with van der Waals surface area (Å²) in [6.45, 7) is 6.66. The molecule has 0 bridgehead atoms. The molecule has 0 saturated carbocycles. The molecule has 1 atom stereocenters. The number of ether oxygens (including phenoxy) is 4. The molecule has 0 spiro atoms. The summed E-state index contributed by atoms with van der Waals surface area (Å²) in [6.07, 6.45) is 1.02. The Morgan fingerprint density at radius 3 is 1.76 bits per heavy atom. The smallest absolute Gasteiger partial charge is 0.0701 e. The first kappa shape index (κ1) is 16.8. The molecule has 0 aromatic heterocycles. The third-order valence-electron chi connectivity index (χ3n) is 2.36. The predicted octanol–water partition coefficient (Wildman–Crippen LogP) is 0.681. The lowest BCUT2D eigenvalue weighted by molar-refractivity contribution is 0.00285. The van der Waals surface area contributed by atoms with Gasteiger partial charge in [0, 0.05) is 19.8 Å². The lowest BCUT2D eigenvalue weighted by Crippen LogP contribution is -2.23. The quantitative estimate of drug-likeness (QED) is 0.486. The molecule has 0 rings (SSSR count). The SMILES string of the molecule is CNC(C)CCOCCOCCOCCOC. The van der Waals surface area contributed by atoms with Crippen molar-refractivity contribution in [3.63, 3.8) is 0 Å². The van der Waals surface area contributed by atoms with Crippen LogP contribution in [0.2, 0.25) is 0 Å². The highest BCUT2D eigenvalue weighted by molar-refractivity contribution is 4.54. The maximum atomic E-state index is 5.43. The molecule has 17 heavy (non-hydrogen) atoms. The molecule has 0 aliphatic carbocycles. The van der Waals surface area contributed by atoms with E-state index >= 15 is 0 Å². The molecular weight excluding hydrogens is 222 g/mol. The van der Waals surface area contributed by atoms with Crippen molar-refractivity contribution in [1.29, 1.82) is 0 Å². The molecule has 0 aliphatic heterocycles. The summed E-state index contributed by atoms with van der Waals surface area (Å²) >= 11 is 0. The first-order valence-corrected chi connectivity index (χ1v) is 6.20. The van der Waals surface area contributed by atoms with Crippen molar-refractivity contribution in [2.45, 2.75) is 19.4 Å². The lowest BCUT2D eigenvalue weighted by atomic mass is 10.2.